The van der Waals surface area contributed by atoms with E-state index in [1.165, 1.54) is 24.3 Å². The number of nitrogens with zero attached hydrogens (tertiary/aromatic N) is 1. The average Bonchev–Trinajstić information content (AvgIpc) is 2.80. The molecule has 0 bridgehead atoms. The molecule has 2 N–H and O–H groups in total. The Morgan fingerprint density at radius 3 is 2.72 bits per heavy atom. The van der Waals surface area contributed by atoms with Gasteiger partial charge in [-0.3, -0.25) is 9.59 Å². The zero-order valence-electron chi connectivity index (χ0n) is 17.2. The van der Waals surface area contributed by atoms with E-state index < -0.39 is 11.4 Å². The van der Waals surface area contributed by atoms with E-state index in [0.717, 1.165) is 15.9 Å². The van der Waals surface area contributed by atoms with Crippen LogP contribution in [0.2, 0.25) is 0 Å². The first kappa shape index (κ1) is 21.5. The predicted molar refractivity (Wildman–Crippen MR) is 124 cm³/mol. The maximum atomic E-state index is 14.2. The van der Waals surface area contributed by atoms with Crippen LogP contribution in [0.4, 0.5) is 4.39 Å². The van der Waals surface area contributed by atoms with Gasteiger partial charge in [-0.2, -0.15) is 0 Å². The molecule has 0 unspecified atom stereocenters. The Labute approximate surface area is 188 Å². The molecule has 1 heterocycles. The molecule has 0 saturated carbocycles. The summed E-state index contributed by atoms with van der Waals surface area (Å²) in [5, 5.41) is 3.17. The van der Waals surface area contributed by atoms with Crippen molar-refractivity contribution in [1.82, 2.24) is 14.9 Å². The van der Waals surface area contributed by atoms with Crippen molar-refractivity contribution in [2.45, 2.75) is 6.42 Å². The predicted octanol–water partition coefficient (Wildman–Crippen LogP) is 4.17. The van der Waals surface area contributed by atoms with Gasteiger partial charge in [0.1, 0.15) is 11.6 Å². The number of fused-ring (bicyclic) bond motifs is 1. The molecule has 8 heteroatoms. The molecule has 0 atom stereocenters. The average molecular weight is 450 g/mol. The van der Waals surface area contributed by atoms with Gasteiger partial charge in [0.25, 0.3) is 11.5 Å². The first-order valence-electron chi connectivity index (χ1n) is 9.93. The third-order valence-corrected chi connectivity index (χ3v) is 5.37. The van der Waals surface area contributed by atoms with E-state index in [4.69, 9.17) is 17.0 Å². The number of amides is 1. The summed E-state index contributed by atoms with van der Waals surface area (Å²) in [6.07, 6.45) is 0.645. The van der Waals surface area contributed by atoms with Crippen LogP contribution >= 0.6 is 12.2 Å². The maximum Gasteiger partial charge on any atom is 0.266 e. The maximum absolute atomic E-state index is 14.2. The third kappa shape index (κ3) is 4.31. The quantitative estimate of drug-likeness (QED) is 0.433. The number of carbonyl (C=O) groups excluding carboxylic acids is 1. The Hall–Kier alpha value is -3.78. The number of H-pyrrole nitrogens is 1. The highest BCUT2D eigenvalue weighted by atomic mass is 32.1. The number of nitrogens with one attached hydrogen (secondary N) is 2. The number of hydrogen-bond donors (Lipinski definition) is 2. The number of hydrogen-bond acceptors (Lipinski definition) is 4. The molecule has 1 amide bonds. The first-order chi connectivity index (χ1) is 15.5. The van der Waals surface area contributed by atoms with Crippen LogP contribution in [0.25, 0.3) is 16.6 Å². The van der Waals surface area contributed by atoms with E-state index in [1.807, 2.05) is 24.3 Å². The van der Waals surface area contributed by atoms with E-state index in [0.29, 0.717) is 29.4 Å². The van der Waals surface area contributed by atoms with Crippen molar-refractivity contribution in [2.75, 3.05) is 13.7 Å². The molecule has 0 spiro atoms. The molecule has 1 aromatic heterocycles. The molecular formula is C24H20FN3O3S. The molecule has 0 radical (unpaired) electrons. The van der Waals surface area contributed by atoms with Crippen LogP contribution in [0, 0.1) is 10.6 Å². The van der Waals surface area contributed by atoms with Crippen LogP contribution in [-0.4, -0.2) is 29.1 Å². The number of carbonyl (C=O) groups is 1. The minimum atomic E-state index is -0.555. The van der Waals surface area contributed by atoms with Crippen LogP contribution < -0.4 is 15.6 Å². The topological polar surface area (TPSA) is 76.1 Å². The molecule has 162 valence electrons. The van der Waals surface area contributed by atoms with Gasteiger partial charge in [0.15, 0.2) is 4.77 Å². The van der Waals surface area contributed by atoms with Crippen molar-refractivity contribution in [2.24, 2.45) is 0 Å². The Bertz CT molecular complexity index is 1430. The van der Waals surface area contributed by atoms with Crippen molar-refractivity contribution in [1.29, 1.82) is 0 Å². The highest BCUT2D eigenvalue weighted by molar-refractivity contribution is 7.71. The summed E-state index contributed by atoms with van der Waals surface area (Å²) in [4.78, 5) is 28.5. The Kier molecular flexibility index (Phi) is 6.13. The number of benzene rings is 3. The Morgan fingerprint density at radius 2 is 1.94 bits per heavy atom. The van der Waals surface area contributed by atoms with E-state index in [9.17, 15) is 14.0 Å². The van der Waals surface area contributed by atoms with Crippen LogP contribution in [0.5, 0.6) is 5.75 Å². The third-order valence-electron chi connectivity index (χ3n) is 5.09. The van der Waals surface area contributed by atoms with Gasteiger partial charge in [0, 0.05) is 12.1 Å². The van der Waals surface area contributed by atoms with E-state index in [-0.39, 0.29) is 16.4 Å². The second kappa shape index (κ2) is 9.15. The van der Waals surface area contributed by atoms with Crippen molar-refractivity contribution >= 4 is 29.0 Å². The van der Waals surface area contributed by atoms with Crippen LogP contribution in [-0.2, 0) is 6.42 Å². The largest absolute Gasteiger partial charge is 0.497 e. The number of para-hydroxylation sites is 1. The van der Waals surface area contributed by atoms with Crippen molar-refractivity contribution in [3.8, 4) is 11.4 Å². The van der Waals surface area contributed by atoms with Crippen LogP contribution in [0.3, 0.4) is 0 Å². The first-order valence-corrected chi connectivity index (χ1v) is 10.3. The second-order valence-electron chi connectivity index (χ2n) is 7.14. The smallest absolute Gasteiger partial charge is 0.266 e. The number of aromatic nitrogens is 2. The van der Waals surface area contributed by atoms with Gasteiger partial charge in [-0.25, -0.2) is 8.96 Å². The fraction of sp³-hybridized carbons (Fsp3) is 0.125. The fourth-order valence-corrected chi connectivity index (χ4v) is 3.75. The molecule has 4 aromatic rings. The lowest BCUT2D eigenvalue weighted by Gasteiger charge is -2.10. The highest BCUT2D eigenvalue weighted by Gasteiger charge is 2.13. The van der Waals surface area contributed by atoms with E-state index >= 15 is 0 Å². The van der Waals surface area contributed by atoms with Crippen molar-refractivity contribution in [3.63, 3.8) is 0 Å². The van der Waals surface area contributed by atoms with Crippen LogP contribution in [0.15, 0.2) is 71.5 Å². The minimum Gasteiger partial charge on any atom is -0.497 e. The lowest BCUT2D eigenvalue weighted by molar-refractivity contribution is 0.0954. The molecule has 4 rings (SSSR count). The number of methoxy groups -OCH3 is 1. The fourth-order valence-electron chi connectivity index (χ4n) is 3.46. The minimum absolute atomic E-state index is 0.0446. The van der Waals surface area contributed by atoms with Gasteiger partial charge < -0.3 is 15.0 Å². The molecular weight excluding hydrogens is 429 g/mol. The van der Waals surface area contributed by atoms with Crippen molar-refractivity contribution < 1.29 is 13.9 Å². The van der Waals surface area contributed by atoms with Gasteiger partial charge >= 0.3 is 0 Å². The van der Waals surface area contributed by atoms with Gasteiger partial charge in [0.2, 0.25) is 0 Å². The SMILES string of the molecule is COc1cccc(CCNC(=O)c2ccc3c(=O)n(-c4ccccc4F)c(=S)[nH]c3c2)c1. The summed E-state index contributed by atoms with van der Waals surface area (Å²) in [5.41, 5.74) is 1.45. The van der Waals surface area contributed by atoms with E-state index in [1.54, 1.807) is 25.3 Å². The normalized spacial score (nSPS) is 10.8. The zero-order valence-corrected chi connectivity index (χ0v) is 18.0. The zero-order chi connectivity index (χ0) is 22.7. The number of halogens is 1. The summed E-state index contributed by atoms with van der Waals surface area (Å²) in [5.74, 6) is -0.0625. The standard InChI is InChI=1S/C24H20FN3O3S/c1-31-17-6-4-5-15(13-17)11-12-26-22(29)16-9-10-18-20(14-16)27-24(32)28(23(18)30)21-8-3-2-7-19(21)25/h2-10,13-14H,11-12H2,1H3,(H,26,29)(H,27,32). The molecule has 0 aliphatic rings. The number of ether oxygens (including phenoxy) is 1. The lowest BCUT2D eigenvalue weighted by atomic mass is 10.1. The van der Waals surface area contributed by atoms with Gasteiger partial charge in [-0.05, 0) is 66.7 Å². The number of rotatable bonds is 6. The molecule has 0 aliphatic carbocycles. The summed E-state index contributed by atoms with van der Waals surface area (Å²) in [6.45, 7) is 0.439. The molecule has 0 fully saturated rings. The lowest BCUT2D eigenvalue weighted by Crippen LogP contribution is -2.26. The summed E-state index contributed by atoms with van der Waals surface area (Å²) < 4.78 is 20.6. The number of aromatic amines is 1. The molecule has 6 nitrogen and oxygen atoms in total. The molecule has 0 saturated heterocycles. The second-order valence-corrected chi connectivity index (χ2v) is 7.53. The molecule has 32 heavy (non-hydrogen) atoms. The highest BCUT2D eigenvalue weighted by Crippen LogP contribution is 2.16. The van der Waals surface area contributed by atoms with E-state index in [2.05, 4.69) is 10.3 Å². The van der Waals surface area contributed by atoms with Gasteiger partial charge in [-0.1, -0.05) is 24.3 Å². The summed E-state index contributed by atoms with van der Waals surface area (Å²) in [6, 6.07) is 18.2. The Balaban J connectivity index is 1.56. The van der Waals surface area contributed by atoms with Crippen LogP contribution in [0.1, 0.15) is 15.9 Å². The monoisotopic (exact) mass is 449 g/mol. The molecule has 0 aliphatic heterocycles. The van der Waals surface area contributed by atoms with Crippen molar-refractivity contribution in [3.05, 3.63) is 98.8 Å². The molecule has 3 aromatic carbocycles. The summed E-state index contributed by atoms with van der Waals surface area (Å²) in [7, 11) is 1.61. The van der Waals surface area contributed by atoms with Gasteiger partial charge in [-0.15, -0.1) is 0 Å². The summed E-state index contributed by atoms with van der Waals surface area (Å²) >= 11 is 5.29. The van der Waals surface area contributed by atoms with Gasteiger partial charge in [0.05, 0.1) is 23.7 Å². The Morgan fingerprint density at radius 1 is 1.12 bits per heavy atom.